The van der Waals surface area contributed by atoms with Crippen LogP contribution in [0, 0.1) is 17.2 Å². The Morgan fingerprint density at radius 3 is 2.37 bits per heavy atom. The lowest BCUT2D eigenvalue weighted by Gasteiger charge is -2.26. The second-order valence-corrected chi connectivity index (χ2v) is 5.66. The number of anilines is 1. The van der Waals surface area contributed by atoms with Crippen molar-refractivity contribution in [3.63, 3.8) is 0 Å². The van der Waals surface area contributed by atoms with Crippen LogP contribution < -0.4 is 5.32 Å². The van der Waals surface area contributed by atoms with E-state index in [2.05, 4.69) is 5.32 Å². The van der Waals surface area contributed by atoms with Crippen molar-refractivity contribution in [3.05, 3.63) is 29.0 Å². The number of carboxylic acids is 1. The molecular weight excluding hydrogens is 273 g/mol. The summed E-state index contributed by atoms with van der Waals surface area (Å²) in [5.41, 5.74) is -0.564. The molecule has 1 unspecified atom stereocenters. The zero-order chi connectivity index (χ0) is 14.8. The minimum Gasteiger partial charge on any atom is -0.481 e. The van der Waals surface area contributed by atoms with Gasteiger partial charge in [0.1, 0.15) is 11.7 Å². The Hall–Kier alpha value is -1.62. The number of halogens is 2. The number of benzene rings is 1. The van der Waals surface area contributed by atoms with Gasteiger partial charge in [0.15, 0.2) is 0 Å². The van der Waals surface area contributed by atoms with E-state index in [9.17, 15) is 14.0 Å². The Morgan fingerprint density at radius 2 is 1.95 bits per heavy atom. The fourth-order valence-electron chi connectivity index (χ4n) is 1.67. The van der Waals surface area contributed by atoms with Gasteiger partial charge in [-0.2, -0.15) is 0 Å². The van der Waals surface area contributed by atoms with E-state index in [4.69, 9.17) is 16.7 Å². The first kappa shape index (κ1) is 15.4. The highest BCUT2D eigenvalue weighted by Crippen LogP contribution is 2.29. The highest BCUT2D eigenvalue weighted by molar-refractivity contribution is 6.33. The average molecular weight is 288 g/mol. The van der Waals surface area contributed by atoms with Gasteiger partial charge in [0.25, 0.3) is 0 Å². The van der Waals surface area contributed by atoms with Gasteiger partial charge in [-0.1, -0.05) is 32.4 Å². The predicted molar refractivity (Wildman–Crippen MR) is 70.6 cm³/mol. The van der Waals surface area contributed by atoms with Crippen LogP contribution in [0.1, 0.15) is 20.8 Å². The Bertz CT molecular complexity index is 511. The van der Waals surface area contributed by atoms with Crippen LogP contribution in [0.25, 0.3) is 0 Å². The molecule has 0 aliphatic rings. The fourth-order valence-corrected chi connectivity index (χ4v) is 1.89. The number of carboxylic acid groups (broad SMARTS) is 1. The maximum absolute atomic E-state index is 12.9. The predicted octanol–water partition coefficient (Wildman–Crippen LogP) is 3.16. The van der Waals surface area contributed by atoms with Gasteiger partial charge in [0.05, 0.1) is 10.7 Å². The van der Waals surface area contributed by atoms with Gasteiger partial charge >= 0.3 is 5.97 Å². The first-order valence-corrected chi connectivity index (χ1v) is 5.99. The lowest BCUT2D eigenvalue weighted by Crippen LogP contribution is -2.39. The summed E-state index contributed by atoms with van der Waals surface area (Å²) in [6, 6.07) is 3.47. The minimum atomic E-state index is -1.23. The highest BCUT2D eigenvalue weighted by atomic mass is 35.5. The molecule has 0 aliphatic carbocycles. The number of carbonyl (C=O) groups is 2. The molecule has 0 spiro atoms. The van der Waals surface area contributed by atoms with E-state index in [-0.39, 0.29) is 10.7 Å². The summed E-state index contributed by atoms with van der Waals surface area (Å²) in [5, 5.41) is 11.5. The van der Waals surface area contributed by atoms with Crippen molar-refractivity contribution in [1.82, 2.24) is 0 Å². The van der Waals surface area contributed by atoms with E-state index in [1.54, 1.807) is 20.8 Å². The van der Waals surface area contributed by atoms with E-state index < -0.39 is 29.0 Å². The first-order valence-electron chi connectivity index (χ1n) is 5.61. The summed E-state index contributed by atoms with van der Waals surface area (Å²) < 4.78 is 12.9. The molecule has 19 heavy (non-hydrogen) atoms. The highest BCUT2D eigenvalue weighted by Gasteiger charge is 2.37. The topological polar surface area (TPSA) is 66.4 Å². The number of nitrogens with one attached hydrogen (secondary N) is 1. The van der Waals surface area contributed by atoms with Crippen LogP contribution in [0.5, 0.6) is 0 Å². The largest absolute Gasteiger partial charge is 0.481 e. The molecule has 1 aromatic rings. The number of hydrogen-bond acceptors (Lipinski definition) is 2. The van der Waals surface area contributed by atoms with Gasteiger partial charge in [-0.15, -0.1) is 0 Å². The molecule has 1 rings (SSSR count). The lowest BCUT2D eigenvalue weighted by atomic mass is 9.80. The van der Waals surface area contributed by atoms with Crippen molar-refractivity contribution in [1.29, 1.82) is 0 Å². The molecular formula is C13H15ClFNO3. The molecule has 0 bridgehead atoms. The van der Waals surface area contributed by atoms with Crippen LogP contribution in [0.15, 0.2) is 18.2 Å². The zero-order valence-electron chi connectivity index (χ0n) is 10.8. The fraction of sp³-hybridized carbons (Fsp3) is 0.385. The van der Waals surface area contributed by atoms with Crippen LogP contribution in [0.4, 0.5) is 10.1 Å². The van der Waals surface area contributed by atoms with Gasteiger partial charge in [0, 0.05) is 0 Å². The monoisotopic (exact) mass is 287 g/mol. The quantitative estimate of drug-likeness (QED) is 0.839. The summed E-state index contributed by atoms with van der Waals surface area (Å²) in [5.74, 6) is -3.67. The second-order valence-electron chi connectivity index (χ2n) is 5.25. The molecule has 1 atom stereocenters. The van der Waals surface area contributed by atoms with E-state index in [0.717, 1.165) is 12.1 Å². The van der Waals surface area contributed by atoms with Crippen molar-refractivity contribution in [3.8, 4) is 0 Å². The van der Waals surface area contributed by atoms with E-state index in [1.807, 2.05) is 0 Å². The Morgan fingerprint density at radius 1 is 1.37 bits per heavy atom. The first-order chi connectivity index (χ1) is 8.62. The molecule has 0 radical (unpaired) electrons. The van der Waals surface area contributed by atoms with Crippen molar-refractivity contribution < 1.29 is 19.1 Å². The Kier molecular flexibility index (Phi) is 4.52. The van der Waals surface area contributed by atoms with E-state index >= 15 is 0 Å². The summed E-state index contributed by atoms with van der Waals surface area (Å²) in [6.07, 6.45) is 0. The summed E-state index contributed by atoms with van der Waals surface area (Å²) in [7, 11) is 0. The van der Waals surface area contributed by atoms with Crippen LogP contribution in [-0.4, -0.2) is 17.0 Å². The molecule has 104 valence electrons. The molecule has 0 aliphatic heterocycles. The summed E-state index contributed by atoms with van der Waals surface area (Å²) >= 11 is 5.77. The standard InChI is InChI=1S/C13H15ClFNO3/c1-13(2,3)10(12(18)19)11(17)16-9-5-4-7(15)6-8(9)14/h4-6,10H,1-3H3,(H,16,17)(H,18,19). The van der Waals surface area contributed by atoms with Crippen LogP contribution in [0.2, 0.25) is 5.02 Å². The maximum Gasteiger partial charge on any atom is 0.316 e. The Balaban J connectivity index is 2.97. The van der Waals surface area contributed by atoms with Gasteiger partial charge in [-0.05, 0) is 23.6 Å². The molecule has 0 fully saturated rings. The third-order valence-corrected chi connectivity index (χ3v) is 2.88. The summed E-state index contributed by atoms with van der Waals surface area (Å²) in [6.45, 7) is 4.95. The molecule has 0 saturated heterocycles. The zero-order valence-corrected chi connectivity index (χ0v) is 11.6. The van der Waals surface area contributed by atoms with Crippen LogP contribution in [-0.2, 0) is 9.59 Å². The maximum atomic E-state index is 12.9. The lowest BCUT2D eigenvalue weighted by molar-refractivity contribution is -0.149. The summed E-state index contributed by atoms with van der Waals surface area (Å²) in [4.78, 5) is 23.2. The molecule has 2 N–H and O–H groups in total. The number of hydrogen-bond donors (Lipinski definition) is 2. The third-order valence-electron chi connectivity index (χ3n) is 2.56. The van der Waals surface area contributed by atoms with Crippen molar-refractivity contribution >= 4 is 29.2 Å². The molecule has 6 heteroatoms. The number of aliphatic carboxylic acids is 1. The van der Waals surface area contributed by atoms with E-state index in [1.165, 1.54) is 6.07 Å². The molecule has 0 aromatic heterocycles. The van der Waals surface area contributed by atoms with Crippen molar-refractivity contribution in [2.75, 3.05) is 5.32 Å². The van der Waals surface area contributed by atoms with Crippen molar-refractivity contribution in [2.24, 2.45) is 11.3 Å². The normalized spacial score (nSPS) is 12.9. The van der Waals surface area contributed by atoms with Crippen molar-refractivity contribution in [2.45, 2.75) is 20.8 Å². The average Bonchev–Trinajstić information content (AvgIpc) is 2.19. The second kappa shape index (κ2) is 5.57. The smallest absolute Gasteiger partial charge is 0.316 e. The number of carbonyl (C=O) groups excluding carboxylic acids is 1. The number of amides is 1. The molecule has 1 amide bonds. The van der Waals surface area contributed by atoms with Crippen LogP contribution >= 0.6 is 11.6 Å². The van der Waals surface area contributed by atoms with Gasteiger partial charge in [-0.25, -0.2) is 4.39 Å². The number of rotatable bonds is 3. The van der Waals surface area contributed by atoms with Gasteiger partial charge in [0.2, 0.25) is 5.91 Å². The Labute approximate surface area is 115 Å². The SMILES string of the molecule is CC(C)(C)C(C(=O)O)C(=O)Nc1ccc(F)cc1Cl. The minimum absolute atomic E-state index is 0.0198. The van der Waals surface area contributed by atoms with Crippen LogP contribution in [0.3, 0.4) is 0 Å². The van der Waals surface area contributed by atoms with Gasteiger partial charge in [-0.3, -0.25) is 9.59 Å². The molecule has 0 heterocycles. The molecule has 1 aromatic carbocycles. The third kappa shape index (κ3) is 3.92. The molecule has 0 saturated carbocycles. The van der Waals surface area contributed by atoms with Gasteiger partial charge < -0.3 is 10.4 Å². The van der Waals surface area contributed by atoms with E-state index in [0.29, 0.717) is 0 Å². The molecule has 4 nitrogen and oxygen atoms in total.